The van der Waals surface area contributed by atoms with Crippen LogP contribution in [-0.4, -0.2) is 30.6 Å². The molecule has 5 nitrogen and oxygen atoms in total. The van der Waals surface area contributed by atoms with E-state index in [-0.39, 0.29) is 5.78 Å². The maximum Gasteiger partial charge on any atom is 0.407 e. The van der Waals surface area contributed by atoms with Crippen molar-refractivity contribution in [1.29, 1.82) is 0 Å². The summed E-state index contributed by atoms with van der Waals surface area (Å²) in [7, 11) is 0. The van der Waals surface area contributed by atoms with Gasteiger partial charge in [0.1, 0.15) is 18.0 Å². The number of carbonyl (C=O) groups excluding carboxylic acids is 2. The first-order valence-corrected chi connectivity index (χ1v) is 8.88. The Labute approximate surface area is 152 Å². The van der Waals surface area contributed by atoms with Crippen LogP contribution in [0.15, 0.2) is 36.4 Å². The maximum absolute atomic E-state index is 11.6. The van der Waals surface area contributed by atoms with Crippen molar-refractivity contribution in [1.82, 2.24) is 5.32 Å². The van der Waals surface area contributed by atoms with Gasteiger partial charge < -0.3 is 14.8 Å². The minimum absolute atomic E-state index is 0.0520. The third kappa shape index (κ3) is 5.90. The summed E-state index contributed by atoms with van der Waals surface area (Å²) in [6.45, 7) is 7.66. The molecule has 0 aliphatic heterocycles. The van der Waals surface area contributed by atoms with Gasteiger partial charge in [0.05, 0.1) is 11.4 Å². The van der Waals surface area contributed by atoms with Crippen LogP contribution in [0.3, 0.4) is 0 Å². The number of amides is 1. The Kier molecular flexibility index (Phi) is 6.20. The van der Waals surface area contributed by atoms with Gasteiger partial charge in [-0.3, -0.25) is 4.79 Å². The van der Waals surface area contributed by atoms with E-state index in [1.165, 1.54) is 11.3 Å². The summed E-state index contributed by atoms with van der Waals surface area (Å²) >= 11 is 1.44. The second-order valence-corrected chi connectivity index (χ2v) is 7.58. The van der Waals surface area contributed by atoms with Crippen LogP contribution in [0, 0.1) is 0 Å². The van der Waals surface area contributed by atoms with Gasteiger partial charge in [0, 0.05) is 10.4 Å². The quantitative estimate of drug-likeness (QED) is 0.607. The first-order chi connectivity index (χ1) is 11.8. The molecule has 0 aliphatic carbocycles. The summed E-state index contributed by atoms with van der Waals surface area (Å²) in [5.41, 5.74) is 0.405. The van der Waals surface area contributed by atoms with Crippen LogP contribution in [0.4, 0.5) is 4.79 Å². The summed E-state index contributed by atoms with van der Waals surface area (Å²) in [5, 5.41) is 2.66. The molecular weight excluding hydrogens is 338 g/mol. The molecule has 1 aromatic carbocycles. The smallest absolute Gasteiger partial charge is 0.407 e. The molecule has 0 fully saturated rings. The molecule has 1 N–H and O–H groups in total. The fraction of sp³-hybridized carbons (Fsp3) is 0.368. The van der Waals surface area contributed by atoms with Gasteiger partial charge >= 0.3 is 6.09 Å². The van der Waals surface area contributed by atoms with Crippen LogP contribution in [0.25, 0.3) is 10.4 Å². The average molecular weight is 361 g/mol. The number of benzene rings is 1. The van der Waals surface area contributed by atoms with Gasteiger partial charge in [0.25, 0.3) is 0 Å². The van der Waals surface area contributed by atoms with Gasteiger partial charge in [-0.15, -0.1) is 11.3 Å². The third-order valence-electron chi connectivity index (χ3n) is 3.13. The lowest BCUT2D eigenvalue weighted by molar-refractivity contribution is 0.0520. The van der Waals surface area contributed by atoms with Crippen molar-refractivity contribution < 1.29 is 19.1 Å². The number of Topliss-reactive ketones (excluding diaryl/α,β-unsaturated/α-hetero) is 1. The maximum atomic E-state index is 11.6. The number of carbonyl (C=O) groups is 2. The third-order valence-corrected chi connectivity index (χ3v) is 4.35. The van der Waals surface area contributed by atoms with Crippen LogP contribution in [0.5, 0.6) is 5.75 Å². The molecule has 0 saturated carbocycles. The monoisotopic (exact) mass is 361 g/mol. The summed E-state index contributed by atoms with van der Waals surface area (Å²) in [5.74, 6) is 0.765. The minimum atomic E-state index is -0.523. The van der Waals surface area contributed by atoms with E-state index in [0.717, 1.165) is 15.3 Å². The molecule has 1 amide bonds. The minimum Gasteiger partial charge on any atom is -0.491 e. The Bertz CT molecular complexity index is 746. The predicted octanol–water partition coefficient (Wildman–Crippen LogP) is 4.52. The molecule has 0 radical (unpaired) electrons. The van der Waals surface area contributed by atoms with Crippen molar-refractivity contribution in [3.05, 3.63) is 41.3 Å². The molecule has 134 valence electrons. The number of alkyl carbamates (subject to hydrolysis) is 1. The number of hydrogen-bond acceptors (Lipinski definition) is 5. The Hall–Kier alpha value is -2.34. The molecule has 0 aliphatic rings. The van der Waals surface area contributed by atoms with Crippen LogP contribution in [-0.2, 0) is 4.74 Å². The second kappa shape index (κ2) is 8.16. The normalized spacial score (nSPS) is 11.0. The molecule has 0 unspecified atom stereocenters. The molecule has 1 aromatic heterocycles. The van der Waals surface area contributed by atoms with Crippen LogP contribution < -0.4 is 10.1 Å². The molecule has 2 rings (SSSR count). The highest BCUT2D eigenvalue weighted by Crippen LogP contribution is 2.35. The summed E-state index contributed by atoms with van der Waals surface area (Å²) in [6.07, 6.45) is -0.464. The zero-order chi connectivity index (χ0) is 18.4. The van der Waals surface area contributed by atoms with E-state index >= 15 is 0 Å². The number of rotatable bonds is 6. The molecule has 6 heteroatoms. The van der Waals surface area contributed by atoms with Gasteiger partial charge in [-0.2, -0.15) is 0 Å². The summed E-state index contributed by atoms with van der Waals surface area (Å²) in [6, 6.07) is 11.4. The van der Waals surface area contributed by atoms with E-state index < -0.39 is 11.7 Å². The summed E-state index contributed by atoms with van der Waals surface area (Å²) in [4.78, 5) is 24.8. The van der Waals surface area contributed by atoms with Crippen LogP contribution in [0.2, 0.25) is 0 Å². The molecule has 0 bridgehead atoms. The molecule has 25 heavy (non-hydrogen) atoms. The molecule has 0 atom stereocenters. The van der Waals surface area contributed by atoms with Crippen LogP contribution >= 0.6 is 11.3 Å². The molecule has 0 spiro atoms. The van der Waals surface area contributed by atoms with Gasteiger partial charge in [-0.25, -0.2) is 4.79 Å². The number of ketones is 1. The Morgan fingerprint density at radius 2 is 1.84 bits per heavy atom. The second-order valence-electron chi connectivity index (χ2n) is 6.49. The average Bonchev–Trinajstić information content (AvgIpc) is 3.00. The van der Waals surface area contributed by atoms with Gasteiger partial charge in [-0.1, -0.05) is 12.1 Å². The van der Waals surface area contributed by atoms with Crippen molar-refractivity contribution in [2.75, 3.05) is 13.2 Å². The number of hydrogen-bond donors (Lipinski definition) is 1. The van der Waals surface area contributed by atoms with E-state index in [9.17, 15) is 9.59 Å². The standard InChI is InChI=1S/C19H23NO4S/c1-13(21)16-9-10-17(25-16)14-7-5-6-8-15(14)23-12-11-20-18(22)24-19(2,3)4/h5-10H,11-12H2,1-4H3,(H,20,22). The molecule has 2 aromatic rings. The lowest BCUT2D eigenvalue weighted by Gasteiger charge is -2.19. The Balaban J connectivity index is 1.95. The SMILES string of the molecule is CC(=O)c1ccc(-c2ccccc2OCCNC(=O)OC(C)(C)C)s1. The van der Waals surface area contributed by atoms with Crippen molar-refractivity contribution in [2.24, 2.45) is 0 Å². The van der Waals surface area contributed by atoms with E-state index in [2.05, 4.69) is 5.32 Å². The predicted molar refractivity (Wildman–Crippen MR) is 99.5 cm³/mol. The lowest BCUT2D eigenvalue weighted by Crippen LogP contribution is -2.34. The first kappa shape index (κ1) is 19.0. The molecule has 0 saturated heterocycles. The number of ether oxygens (including phenoxy) is 2. The van der Waals surface area contributed by atoms with Gasteiger partial charge in [0.15, 0.2) is 5.78 Å². The van der Waals surface area contributed by atoms with Crippen molar-refractivity contribution in [3.63, 3.8) is 0 Å². The number of thiophene rings is 1. The van der Waals surface area contributed by atoms with Crippen molar-refractivity contribution in [3.8, 4) is 16.2 Å². The number of para-hydroxylation sites is 1. The zero-order valence-corrected chi connectivity index (χ0v) is 15.7. The highest BCUT2D eigenvalue weighted by Gasteiger charge is 2.15. The Morgan fingerprint density at radius 3 is 2.48 bits per heavy atom. The fourth-order valence-corrected chi connectivity index (χ4v) is 3.03. The first-order valence-electron chi connectivity index (χ1n) is 8.06. The highest BCUT2D eigenvalue weighted by atomic mass is 32.1. The van der Waals surface area contributed by atoms with E-state index in [4.69, 9.17) is 9.47 Å². The highest BCUT2D eigenvalue weighted by molar-refractivity contribution is 7.17. The lowest BCUT2D eigenvalue weighted by atomic mass is 10.1. The van der Waals surface area contributed by atoms with Gasteiger partial charge in [0.2, 0.25) is 0 Å². The fourth-order valence-electron chi connectivity index (χ4n) is 2.10. The topological polar surface area (TPSA) is 64.6 Å². The molecular formula is C19H23NO4S. The van der Waals surface area contributed by atoms with Crippen LogP contribution in [0.1, 0.15) is 37.4 Å². The van der Waals surface area contributed by atoms with Gasteiger partial charge in [-0.05, 0) is 52.0 Å². The summed E-state index contributed by atoms with van der Waals surface area (Å²) < 4.78 is 11.0. The number of nitrogens with one attached hydrogen (secondary N) is 1. The largest absolute Gasteiger partial charge is 0.491 e. The van der Waals surface area contributed by atoms with E-state index in [0.29, 0.717) is 18.9 Å². The Morgan fingerprint density at radius 1 is 1.12 bits per heavy atom. The zero-order valence-electron chi connectivity index (χ0n) is 14.9. The van der Waals surface area contributed by atoms with Crippen molar-refractivity contribution in [2.45, 2.75) is 33.3 Å². The van der Waals surface area contributed by atoms with E-state index in [1.54, 1.807) is 6.92 Å². The van der Waals surface area contributed by atoms with Crippen molar-refractivity contribution >= 4 is 23.2 Å². The van der Waals surface area contributed by atoms with E-state index in [1.807, 2.05) is 57.2 Å². The molecule has 1 heterocycles.